The molecular weight excluding hydrogens is 585 g/mol. The summed E-state index contributed by atoms with van der Waals surface area (Å²) in [5.41, 5.74) is 2.06. The summed E-state index contributed by atoms with van der Waals surface area (Å²) in [6.45, 7) is 3.40. The summed E-state index contributed by atoms with van der Waals surface area (Å²) in [6, 6.07) is 17.3. The monoisotopic (exact) mass is 615 g/mol. The van der Waals surface area contributed by atoms with E-state index in [1.807, 2.05) is 41.3 Å². The van der Waals surface area contributed by atoms with E-state index >= 15 is 0 Å². The number of fused-ring (bicyclic) bond motifs is 2. The lowest BCUT2D eigenvalue weighted by molar-refractivity contribution is -0.132. The van der Waals surface area contributed by atoms with Gasteiger partial charge in [-0.3, -0.25) is 14.4 Å². The molecule has 3 amide bonds. The second-order valence-electron chi connectivity index (χ2n) is 11.5. The number of hydrogen-bond acceptors (Lipinski definition) is 4. The fourth-order valence-corrected chi connectivity index (χ4v) is 7.26. The van der Waals surface area contributed by atoms with Crippen LogP contribution in [0.5, 0.6) is 5.75 Å². The van der Waals surface area contributed by atoms with Crippen LogP contribution in [0.25, 0.3) is 0 Å². The summed E-state index contributed by atoms with van der Waals surface area (Å²) in [7, 11) is 0. The van der Waals surface area contributed by atoms with Crippen molar-refractivity contribution in [3.8, 4) is 18.1 Å². The highest BCUT2D eigenvalue weighted by molar-refractivity contribution is 6.31. The van der Waals surface area contributed by atoms with Crippen molar-refractivity contribution in [2.45, 2.75) is 43.6 Å². The van der Waals surface area contributed by atoms with E-state index in [0.717, 1.165) is 24.0 Å². The van der Waals surface area contributed by atoms with E-state index in [-0.39, 0.29) is 30.1 Å². The Labute approximate surface area is 260 Å². The Kier molecular flexibility index (Phi) is 7.85. The van der Waals surface area contributed by atoms with Gasteiger partial charge in [-0.25, -0.2) is 0 Å². The van der Waals surface area contributed by atoms with E-state index in [4.69, 9.17) is 34.4 Å². The van der Waals surface area contributed by atoms with Crippen molar-refractivity contribution in [3.63, 3.8) is 0 Å². The van der Waals surface area contributed by atoms with Crippen molar-refractivity contribution in [1.82, 2.24) is 10.2 Å². The average molecular weight is 617 g/mol. The molecule has 6 rings (SSSR count). The minimum Gasteiger partial charge on any atom is -0.493 e. The number of carbonyl (C=O) groups excluding carboxylic acids is 3. The second kappa shape index (κ2) is 11.6. The fourth-order valence-electron chi connectivity index (χ4n) is 6.89. The number of terminal acetylenes is 1. The van der Waals surface area contributed by atoms with Gasteiger partial charge in [0.1, 0.15) is 11.2 Å². The number of nitrogens with zero attached hydrogens (tertiary/aromatic N) is 1. The number of piperidine rings is 2. The maximum atomic E-state index is 14.4. The zero-order valence-electron chi connectivity index (χ0n) is 23.7. The highest BCUT2D eigenvalue weighted by Gasteiger charge is 2.61. The molecular formula is C34H31Cl2N3O4. The molecule has 3 aromatic carbocycles. The van der Waals surface area contributed by atoms with E-state index < -0.39 is 17.4 Å². The lowest BCUT2D eigenvalue weighted by atomic mass is 9.59. The lowest BCUT2D eigenvalue weighted by Gasteiger charge is -2.46. The molecule has 3 aromatic rings. The Balaban J connectivity index is 1.46. The van der Waals surface area contributed by atoms with Crippen LogP contribution in [0.4, 0.5) is 5.69 Å². The van der Waals surface area contributed by atoms with Crippen molar-refractivity contribution in [2.75, 3.05) is 25.0 Å². The first-order valence-electron chi connectivity index (χ1n) is 14.4. The maximum Gasteiger partial charge on any atom is 0.238 e. The Bertz CT molecular complexity index is 1660. The predicted molar refractivity (Wildman–Crippen MR) is 166 cm³/mol. The summed E-state index contributed by atoms with van der Waals surface area (Å²) in [4.78, 5) is 41.5. The molecule has 7 nitrogen and oxygen atoms in total. The third-order valence-electron chi connectivity index (χ3n) is 9.02. The number of likely N-dealkylation sites (tertiary alicyclic amines) is 1. The molecule has 1 unspecified atom stereocenters. The van der Waals surface area contributed by atoms with Gasteiger partial charge < -0.3 is 20.3 Å². The maximum absolute atomic E-state index is 14.4. The molecule has 2 saturated heterocycles. The number of ether oxygens (including phenoxy) is 1. The van der Waals surface area contributed by atoms with E-state index in [1.165, 1.54) is 0 Å². The van der Waals surface area contributed by atoms with E-state index in [2.05, 4.69) is 16.6 Å². The molecule has 43 heavy (non-hydrogen) atoms. The number of amides is 3. The van der Waals surface area contributed by atoms with Gasteiger partial charge in [0.2, 0.25) is 17.7 Å². The molecule has 0 aromatic heterocycles. The molecule has 3 aliphatic heterocycles. The molecule has 0 aliphatic carbocycles. The van der Waals surface area contributed by atoms with Crippen molar-refractivity contribution >= 4 is 46.6 Å². The van der Waals surface area contributed by atoms with E-state index in [0.29, 0.717) is 52.3 Å². The van der Waals surface area contributed by atoms with Crippen molar-refractivity contribution < 1.29 is 19.1 Å². The first kappa shape index (κ1) is 29.1. The van der Waals surface area contributed by atoms with Crippen LogP contribution in [0.3, 0.4) is 0 Å². The Hall–Kier alpha value is -3.99. The zero-order valence-corrected chi connectivity index (χ0v) is 25.2. The Morgan fingerprint density at radius 2 is 1.84 bits per heavy atom. The molecule has 1 spiro atoms. The predicted octanol–water partition coefficient (Wildman–Crippen LogP) is 5.85. The van der Waals surface area contributed by atoms with Gasteiger partial charge in [0.25, 0.3) is 0 Å². The van der Waals surface area contributed by atoms with Crippen molar-refractivity contribution in [1.29, 1.82) is 0 Å². The van der Waals surface area contributed by atoms with E-state index in [1.54, 1.807) is 31.2 Å². The molecule has 220 valence electrons. The highest BCUT2D eigenvalue weighted by Crippen LogP contribution is 2.58. The van der Waals surface area contributed by atoms with Crippen LogP contribution in [-0.2, 0) is 19.8 Å². The molecule has 2 fully saturated rings. The van der Waals surface area contributed by atoms with Gasteiger partial charge in [-0.1, -0.05) is 47.3 Å². The third kappa shape index (κ3) is 5.24. The van der Waals surface area contributed by atoms with E-state index in [9.17, 15) is 14.4 Å². The number of hydrogen-bond donors (Lipinski definition) is 2. The minimum atomic E-state index is -1.25. The molecule has 0 radical (unpaired) electrons. The number of rotatable bonds is 5. The first-order valence-corrected chi connectivity index (χ1v) is 15.1. The molecule has 3 atom stereocenters. The average Bonchev–Trinajstić information content (AvgIpc) is 3.27. The smallest absolute Gasteiger partial charge is 0.238 e. The molecule has 0 bridgehead atoms. The molecule has 3 heterocycles. The summed E-state index contributed by atoms with van der Waals surface area (Å²) < 4.78 is 6.47. The van der Waals surface area contributed by atoms with Crippen molar-refractivity contribution in [3.05, 3.63) is 93.0 Å². The Morgan fingerprint density at radius 1 is 1.07 bits per heavy atom. The summed E-state index contributed by atoms with van der Waals surface area (Å²) in [6.07, 6.45) is 7.57. The number of nitrogens with one attached hydrogen (secondary N) is 2. The lowest BCUT2D eigenvalue weighted by Crippen LogP contribution is -2.57. The summed E-state index contributed by atoms with van der Waals surface area (Å²) in [5, 5.41) is 7.21. The van der Waals surface area contributed by atoms with Gasteiger partial charge in [0, 0.05) is 59.2 Å². The largest absolute Gasteiger partial charge is 0.493 e. The topological polar surface area (TPSA) is 87.7 Å². The standard InChI is InChI=1S/C34H31Cl2N3O4/c1-3-21-7-10-30(43-19-22-11-13-39(14-12-22)20(2)40)26(15-21)32-34(27-9-8-25(36)17-29(27)37-33(34)42)28(18-31(41)38-32)23-5-4-6-24(35)16-23/h1,4-10,15-17,22,28,32H,11-14,18-19H2,2H3,(H,37,42)(H,38,41)/t28-,32+,34?/m0/s1. The van der Waals surface area contributed by atoms with Gasteiger partial charge in [-0.15, -0.1) is 6.42 Å². The zero-order chi connectivity index (χ0) is 30.3. The molecule has 2 N–H and O–H groups in total. The fraction of sp³-hybridized carbons (Fsp3) is 0.324. The second-order valence-corrected chi connectivity index (χ2v) is 12.4. The number of carbonyl (C=O) groups is 3. The minimum absolute atomic E-state index is 0.0755. The van der Waals surface area contributed by atoms with Gasteiger partial charge in [0.05, 0.1) is 12.6 Å². The number of benzene rings is 3. The van der Waals surface area contributed by atoms with Gasteiger partial charge >= 0.3 is 0 Å². The van der Waals surface area contributed by atoms with Gasteiger partial charge in [-0.05, 0) is 72.4 Å². The quantitative estimate of drug-likeness (QED) is 0.353. The first-order chi connectivity index (χ1) is 20.7. The molecule has 9 heteroatoms. The van der Waals surface area contributed by atoms with Gasteiger partial charge in [-0.2, -0.15) is 0 Å². The highest BCUT2D eigenvalue weighted by atomic mass is 35.5. The summed E-state index contributed by atoms with van der Waals surface area (Å²) >= 11 is 12.8. The molecule has 0 saturated carbocycles. The van der Waals surface area contributed by atoms with Crippen LogP contribution in [0.2, 0.25) is 10.0 Å². The molecule has 3 aliphatic rings. The number of anilines is 1. The third-order valence-corrected chi connectivity index (χ3v) is 9.49. The SMILES string of the molecule is C#Cc1ccc(OCC2CCN(C(C)=O)CC2)c([C@H]2NC(=O)C[C@@H](c3cccc(Cl)c3)C23C(=O)Nc2cc(Cl)ccc23)c1. The van der Waals surface area contributed by atoms with Crippen LogP contribution in [0, 0.1) is 18.3 Å². The van der Waals surface area contributed by atoms with Crippen LogP contribution in [-0.4, -0.2) is 42.3 Å². The number of halogens is 2. The van der Waals surface area contributed by atoms with Crippen LogP contribution >= 0.6 is 23.2 Å². The van der Waals surface area contributed by atoms with Crippen LogP contribution in [0.1, 0.15) is 60.4 Å². The van der Waals surface area contributed by atoms with Gasteiger partial charge in [0.15, 0.2) is 0 Å². The van der Waals surface area contributed by atoms with Crippen LogP contribution in [0.15, 0.2) is 60.7 Å². The Morgan fingerprint density at radius 3 is 2.56 bits per heavy atom. The normalized spacial score (nSPS) is 23.3. The van der Waals surface area contributed by atoms with Crippen LogP contribution < -0.4 is 15.4 Å². The van der Waals surface area contributed by atoms with Crippen molar-refractivity contribution in [2.24, 2.45) is 5.92 Å². The summed E-state index contributed by atoms with van der Waals surface area (Å²) in [5.74, 6) is 2.55.